The van der Waals surface area contributed by atoms with E-state index in [1.807, 2.05) is 20.8 Å². The van der Waals surface area contributed by atoms with Crippen molar-refractivity contribution < 1.29 is 19.2 Å². The van der Waals surface area contributed by atoms with Gasteiger partial charge in [0, 0.05) is 31.0 Å². The first-order valence-electron chi connectivity index (χ1n) is 6.70. The van der Waals surface area contributed by atoms with E-state index in [0.717, 1.165) is 19.5 Å². The summed E-state index contributed by atoms with van der Waals surface area (Å²) >= 11 is 0. The maximum atomic E-state index is 10.3. The maximum Gasteiger partial charge on any atom is 0.269 e. The Kier molecular flexibility index (Phi) is 10.7. The molecule has 1 rings (SSSR count). The number of aldehydes is 1. The smallest absolute Gasteiger partial charge is 0.269 e. The van der Waals surface area contributed by atoms with Crippen LogP contribution < -0.4 is 5.32 Å². The number of nitro benzene ring substituents is 1. The highest BCUT2D eigenvalue weighted by Crippen LogP contribution is 2.14. The first kappa shape index (κ1) is 19.0. The van der Waals surface area contributed by atoms with Crippen LogP contribution in [-0.4, -0.2) is 37.3 Å². The van der Waals surface area contributed by atoms with E-state index in [-0.39, 0.29) is 18.5 Å². The first-order valence-corrected chi connectivity index (χ1v) is 6.70. The highest BCUT2D eigenvalue weighted by molar-refractivity contribution is 5.59. The van der Waals surface area contributed by atoms with Crippen LogP contribution in [0.3, 0.4) is 0 Å². The van der Waals surface area contributed by atoms with Crippen molar-refractivity contribution in [3.8, 4) is 0 Å². The normalized spacial score (nSPS) is 9.71. The van der Waals surface area contributed by atoms with E-state index in [0.29, 0.717) is 5.69 Å². The van der Waals surface area contributed by atoms with Crippen molar-refractivity contribution in [2.45, 2.75) is 27.1 Å². The number of nitro groups is 1. The zero-order chi connectivity index (χ0) is 16.1. The molecule has 0 saturated carbocycles. The lowest BCUT2D eigenvalue weighted by Crippen LogP contribution is -2.11. The molecule has 1 N–H and O–H groups in total. The molecule has 0 aliphatic rings. The second-order valence-corrected chi connectivity index (χ2v) is 3.83. The molecule has 21 heavy (non-hydrogen) atoms. The van der Waals surface area contributed by atoms with Crippen LogP contribution in [0.1, 0.15) is 20.8 Å². The molecule has 0 amide bonds. The van der Waals surface area contributed by atoms with Crippen LogP contribution in [0, 0.1) is 10.1 Å². The molecule has 0 atom stereocenters. The van der Waals surface area contributed by atoms with E-state index in [4.69, 9.17) is 9.47 Å². The quantitative estimate of drug-likeness (QED) is 0.343. The second-order valence-electron chi connectivity index (χ2n) is 3.83. The lowest BCUT2D eigenvalue weighted by Gasteiger charge is -2.09. The molecular formula is C14H22N2O5. The fourth-order valence-corrected chi connectivity index (χ4v) is 1.38. The number of ether oxygens (including phenoxy) is 2. The summed E-state index contributed by atoms with van der Waals surface area (Å²) < 4.78 is 10.1. The maximum absolute atomic E-state index is 10.3. The summed E-state index contributed by atoms with van der Waals surface area (Å²) in [5.41, 5.74) is 0.731. The van der Waals surface area contributed by atoms with Gasteiger partial charge in [0.15, 0.2) is 6.29 Å². The Morgan fingerprint density at radius 2 is 1.76 bits per heavy atom. The lowest BCUT2D eigenvalue weighted by molar-refractivity contribution is -0.384. The van der Waals surface area contributed by atoms with Crippen LogP contribution in [0.4, 0.5) is 11.4 Å². The van der Waals surface area contributed by atoms with Gasteiger partial charge in [-0.2, -0.15) is 0 Å². The number of non-ortho nitro benzene ring substituents is 1. The first-order chi connectivity index (χ1) is 10.0. The van der Waals surface area contributed by atoms with Gasteiger partial charge in [-0.05, 0) is 32.9 Å². The Morgan fingerprint density at radius 3 is 2.14 bits per heavy atom. The number of benzene rings is 1. The van der Waals surface area contributed by atoms with E-state index >= 15 is 0 Å². The van der Waals surface area contributed by atoms with Gasteiger partial charge >= 0.3 is 0 Å². The van der Waals surface area contributed by atoms with Gasteiger partial charge in [-0.1, -0.05) is 0 Å². The summed E-state index contributed by atoms with van der Waals surface area (Å²) in [4.78, 5) is 19.8. The number of nitrogens with one attached hydrogen (secondary N) is 1. The summed E-state index contributed by atoms with van der Waals surface area (Å²) in [6, 6.07) is 5.88. The Labute approximate surface area is 124 Å². The van der Waals surface area contributed by atoms with Crippen molar-refractivity contribution in [1.29, 1.82) is 0 Å². The molecule has 0 radical (unpaired) electrons. The Hall–Kier alpha value is -1.99. The van der Waals surface area contributed by atoms with Crippen LogP contribution in [0.5, 0.6) is 0 Å². The summed E-state index contributed by atoms with van der Waals surface area (Å²) in [5.74, 6) is 0. The summed E-state index contributed by atoms with van der Waals surface area (Å²) in [7, 11) is 0. The molecular weight excluding hydrogens is 276 g/mol. The van der Waals surface area contributed by atoms with Crippen molar-refractivity contribution in [1.82, 2.24) is 0 Å². The van der Waals surface area contributed by atoms with Crippen molar-refractivity contribution in [3.63, 3.8) is 0 Å². The number of anilines is 1. The van der Waals surface area contributed by atoms with Crippen molar-refractivity contribution in [2.75, 3.05) is 25.1 Å². The molecule has 0 aliphatic heterocycles. The average Bonchev–Trinajstić information content (AvgIpc) is 2.47. The van der Waals surface area contributed by atoms with E-state index in [1.54, 1.807) is 12.1 Å². The number of carbonyl (C=O) groups excluding carboxylic acids is 1. The lowest BCUT2D eigenvalue weighted by atomic mass is 10.3. The number of carbonyl (C=O) groups is 1. The third kappa shape index (κ3) is 9.53. The Balaban J connectivity index is 0.000000433. The van der Waals surface area contributed by atoms with Crippen molar-refractivity contribution in [3.05, 3.63) is 34.4 Å². The van der Waals surface area contributed by atoms with Gasteiger partial charge < -0.3 is 19.6 Å². The monoisotopic (exact) mass is 298 g/mol. The van der Waals surface area contributed by atoms with Gasteiger partial charge in [0.2, 0.25) is 0 Å². The number of hydrogen-bond donors (Lipinski definition) is 1. The van der Waals surface area contributed by atoms with Crippen molar-refractivity contribution in [2.24, 2.45) is 0 Å². The van der Waals surface area contributed by atoms with Crippen LogP contribution >= 0.6 is 0 Å². The van der Waals surface area contributed by atoms with Gasteiger partial charge in [0.1, 0.15) is 6.29 Å². The molecule has 0 unspecified atom stereocenters. The van der Waals surface area contributed by atoms with Crippen molar-refractivity contribution >= 4 is 17.7 Å². The van der Waals surface area contributed by atoms with Gasteiger partial charge in [-0.15, -0.1) is 0 Å². The van der Waals surface area contributed by atoms with E-state index in [2.05, 4.69) is 5.32 Å². The van der Waals surface area contributed by atoms with Gasteiger partial charge in [0.25, 0.3) is 5.69 Å². The van der Waals surface area contributed by atoms with Gasteiger partial charge in [-0.25, -0.2) is 0 Å². The molecule has 0 saturated heterocycles. The molecule has 7 heteroatoms. The molecule has 1 aromatic rings. The van der Waals surface area contributed by atoms with Crippen LogP contribution in [-0.2, 0) is 14.3 Å². The van der Waals surface area contributed by atoms with Gasteiger partial charge in [-0.3, -0.25) is 10.1 Å². The number of nitrogens with zero attached hydrogens (tertiary/aromatic N) is 1. The minimum absolute atomic E-state index is 0.0370. The van der Waals surface area contributed by atoms with Crippen LogP contribution in [0.2, 0.25) is 0 Å². The predicted molar refractivity (Wildman–Crippen MR) is 80.4 cm³/mol. The number of rotatable bonds is 8. The zero-order valence-electron chi connectivity index (χ0n) is 12.6. The van der Waals surface area contributed by atoms with Crippen LogP contribution in [0.25, 0.3) is 0 Å². The molecule has 0 aromatic heterocycles. The third-order valence-electron chi connectivity index (χ3n) is 2.27. The zero-order valence-corrected chi connectivity index (χ0v) is 12.6. The molecule has 0 fully saturated rings. The molecule has 0 bridgehead atoms. The third-order valence-corrected chi connectivity index (χ3v) is 2.27. The van der Waals surface area contributed by atoms with Crippen LogP contribution in [0.15, 0.2) is 24.3 Å². The molecule has 7 nitrogen and oxygen atoms in total. The minimum Gasteiger partial charge on any atom is -0.378 e. The molecule has 0 aliphatic carbocycles. The second kappa shape index (κ2) is 11.8. The summed E-state index contributed by atoms with van der Waals surface area (Å²) in [5, 5.41) is 13.0. The van der Waals surface area contributed by atoms with E-state index in [9.17, 15) is 14.9 Å². The minimum atomic E-state index is -0.469. The fourth-order valence-electron chi connectivity index (χ4n) is 1.38. The molecule has 1 aromatic carbocycles. The average molecular weight is 298 g/mol. The Morgan fingerprint density at radius 1 is 1.24 bits per heavy atom. The number of hydrogen-bond acceptors (Lipinski definition) is 6. The highest BCUT2D eigenvalue weighted by atomic mass is 16.7. The molecule has 0 heterocycles. The standard InChI is InChI=1S/C8H8N2O3.C6H14O2/c11-6-5-9-7-1-3-8(4-2-7)10(12)13;1-4-7-6(3)8-5-2/h1-4,6,9H,5H2;6H,4-5H2,1-3H3. The predicted octanol–water partition coefficient (Wildman–Crippen LogP) is 2.61. The molecule has 0 spiro atoms. The summed E-state index contributed by atoms with van der Waals surface area (Å²) in [6.07, 6.45) is 0.687. The van der Waals surface area contributed by atoms with Gasteiger partial charge in [0.05, 0.1) is 11.5 Å². The highest BCUT2D eigenvalue weighted by Gasteiger charge is 2.02. The fraction of sp³-hybridized carbons (Fsp3) is 0.500. The largest absolute Gasteiger partial charge is 0.378 e. The molecule has 118 valence electrons. The topological polar surface area (TPSA) is 90.7 Å². The van der Waals surface area contributed by atoms with E-state index < -0.39 is 4.92 Å². The Bertz CT molecular complexity index is 402. The SMILES string of the molecule is CCOC(C)OCC.O=CCNc1ccc([N+](=O)[O-])cc1. The summed E-state index contributed by atoms with van der Waals surface area (Å²) in [6.45, 7) is 7.46. The van der Waals surface area contributed by atoms with E-state index in [1.165, 1.54) is 12.1 Å².